The molecule has 0 aromatic heterocycles. The first-order chi connectivity index (χ1) is 9.51. The van der Waals surface area contributed by atoms with Crippen LogP contribution in [-0.4, -0.2) is 24.4 Å². The molecule has 1 N–H and O–H groups in total. The van der Waals surface area contributed by atoms with Crippen molar-refractivity contribution in [1.29, 1.82) is 0 Å². The van der Waals surface area contributed by atoms with E-state index < -0.39 is 0 Å². The van der Waals surface area contributed by atoms with Crippen molar-refractivity contribution in [2.24, 2.45) is 5.92 Å². The Morgan fingerprint density at radius 3 is 2.95 bits per heavy atom. The predicted octanol–water partition coefficient (Wildman–Crippen LogP) is 2.61. The molecule has 2 amide bonds. The summed E-state index contributed by atoms with van der Waals surface area (Å²) in [5, 5.41) is 3.52. The average Bonchev–Trinajstić information content (AvgIpc) is 2.80. The number of nitrogens with one attached hydrogen (secondary N) is 1. The third-order valence-electron chi connectivity index (χ3n) is 3.62. The zero-order valence-electron chi connectivity index (χ0n) is 11.7. The van der Waals surface area contributed by atoms with Gasteiger partial charge < -0.3 is 10.2 Å². The van der Waals surface area contributed by atoms with Gasteiger partial charge in [-0.05, 0) is 31.5 Å². The molecule has 20 heavy (non-hydrogen) atoms. The minimum absolute atomic E-state index is 0.0310. The Morgan fingerprint density at radius 2 is 2.30 bits per heavy atom. The quantitative estimate of drug-likeness (QED) is 0.928. The highest BCUT2D eigenvalue weighted by atomic mass is 35.5. The maximum atomic E-state index is 12.1. The molecule has 1 aromatic rings. The standard InChI is InChI=1S/C15H19ClN2O2/c1-3-10(2)17-15(20)11-7-14(19)18(9-11)13-6-4-5-12(16)8-13/h4-6,8,10-11H,3,7,9H2,1-2H3,(H,17,20). The lowest BCUT2D eigenvalue weighted by atomic mass is 10.1. The molecule has 1 saturated heterocycles. The van der Waals surface area contributed by atoms with Gasteiger partial charge in [0.1, 0.15) is 0 Å². The molecular weight excluding hydrogens is 276 g/mol. The van der Waals surface area contributed by atoms with Crippen molar-refractivity contribution in [2.45, 2.75) is 32.7 Å². The number of halogens is 1. The summed E-state index contributed by atoms with van der Waals surface area (Å²) in [5.74, 6) is -0.357. The molecule has 0 radical (unpaired) electrons. The molecule has 1 aliphatic heterocycles. The van der Waals surface area contributed by atoms with Crippen LogP contribution in [0.25, 0.3) is 0 Å². The number of hydrogen-bond acceptors (Lipinski definition) is 2. The summed E-state index contributed by atoms with van der Waals surface area (Å²) in [7, 11) is 0. The van der Waals surface area contributed by atoms with E-state index in [2.05, 4.69) is 5.32 Å². The second-order valence-corrected chi connectivity index (χ2v) is 5.64. The van der Waals surface area contributed by atoms with Gasteiger partial charge >= 0.3 is 0 Å². The molecule has 108 valence electrons. The molecule has 1 aliphatic rings. The number of nitrogens with zero attached hydrogens (tertiary/aromatic N) is 1. The van der Waals surface area contributed by atoms with Crippen LogP contribution >= 0.6 is 11.6 Å². The summed E-state index contributed by atoms with van der Waals surface area (Å²) in [6.45, 7) is 4.40. The largest absolute Gasteiger partial charge is 0.353 e. The van der Waals surface area contributed by atoms with Crippen molar-refractivity contribution in [1.82, 2.24) is 5.32 Å². The van der Waals surface area contributed by atoms with Gasteiger partial charge in [-0.15, -0.1) is 0 Å². The van der Waals surface area contributed by atoms with Gasteiger partial charge in [0, 0.05) is 29.7 Å². The van der Waals surface area contributed by atoms with E-state index in [0.717, 1.165) is 12.1 Å². The number of anilines is 1. The van der Waals surface area contributed by atoms with Gasteiger partial charge in [0.2, 0.25) is 11.8 Å². The summed E-state index contributed by atoms with van der Waals surface area (Å²) in [6, 6.07) is 7.28. The smallest absolute Gasteiger partial charge is 0.227 e. The molecule has 2 unspecified atom stereocenters. The fourth-order valence-electron chi connectivity index (χ4n) is 2.24. The van der Waals surface area contributed by atoms with Crippen molar-refractivity contribution in [3.8, 4) is 0 Å². The average molecular weight is 295 g/mol. The number of hydrogen-bond donors (Lipinski definition) is 1. The van der Waals surface area contributed by atoms with Crippen LogP contribution in [-0.2, 0) is 9.59 Å². The molecule has 1 fully saturated rings. The Kier molecular flexibility index (Phi) is 4.65. The summed E-state index contributed by atoms with van der Waals surface area (Å²) in [4.78, 5) is 25.8. The number of rotatable bonds is 4. The van der Waals surface area contributed by atoms with Crippen molar-refractivity contribution >= 4 is 29.1 Å². The van der Waals surface area contributed by atoms with E-state index in [4.69, 9.17) is 11.6 Å². The van der Waals surface area contributed by atoms with Gasteiger partial charge in [0.25, 0.3) is 0 Å². The molecule has 4 nitrogen and oxygen atoms in total. The Balaban J connectivity index is 2.05. The lowest BCUT2D eigenvalue weighted by Crippen LogP contribution is -2.38. The van der Waals surface area contributed by atoms with Gasteiger partial charge in [-0.25, -0.2) is 0 Å². The number of amides is 2. The molecule has 2 atom stereocenters. The third kappa shape index (κ3) is 3.31. The van der Waals surface area contributed by atoms with Gasteiger partial charge in [-0.2, -0.15) is 0 Å². The molecule has 0 spiro atoms. The zero-order chi connectivity index (χ0) is 14.7. The SMILES string of the molecule is CCC(C)NC(=O)C1CC(=O)N(c2cccc(Cl)c2)C1. The minimum atomic E-state index is -0.282. The van der Waals surface area contributed by atoms with Gasteiger partial charge in [-0.1, -0.05) is 24.6 Å². The predicted molar refractivity (Wildman–Crippen MR) is 79.8 cm³/mol. The van der Waals surface area contributed by atoms with Crippen LogP contribution in [0.5, 0.6) is 0 Å². The topological polar surface area (TPSA) is 49.4 Å². The van der Waals surface area contributed by atoms with Crippen LogP contribution in [0.15, 0.2) is 24.3 Å². The molecule has 0 aliphatic carbocycles. The lowest BCUT2D eigenvalue weighted by molar-refractivity contribution is -0.126. The molecule has 2 rings (SSSR count). The van der Waals surface area contributed by atoms with Crippen LogP contribution in [0.4, 0.5) is 5.69 Å². The van der Waals surface area contributed by atoms with Crippen LogP contribution in [0, 0.1) is 5.92 Å². The molecule has 1 aromatic carbocycles. The summed E-state index contributed by atoms with van der Waals surface area (Å²) in [6.07, 6.45) is 1.14. The Morgan fingerprint density at radius 1 is 1.55 bits per heavy atom. The van der Waals surface area contributed by atoms with E-state index in [1.165, 1.54) is 0 Å². The van der Waals surface area contributed by atoms with E-state index in [1.807, 2.05) is 19.9 Å². The summed E-state index contributed by atoms with van der Waals surface area (Å²) >= 11 is 5.94. The Labute approximate surface area is 124 Å². The van der Waals surface area contributed by atoms with Crippen LogP contribution < -0.4 is 10.2 Å². The van der Waals surface area contributed by atoms with E-state index in [0.29, 0.717) is 11.6 Å². The van der Waals surface area contributed by atoms with E-state index in [1.54, 1.807) is 23.1 Å². The number of benzene rings is 1. The highest BCUT2D eigenvalue weighted by molar-refractivity contribution is 6.30. The molecule has 0 saturated carbocycles. The number of carbonyl (C=O) groups excluding carboxylic acids is 2. The van der Waals surface area contributed by atoms with Crippen LogP contribution in [0.2, 0.25) is 5.02 Å². The minimum Gasteiger partial charge on any atom is -0.353 e. The second-order valence-electron chi connectivity index (χ2n) is 5.20. The van der Waals surface area contributed by atoms with E-state index in [9.17, 15) is 9.59 Å². The van der Waals surface area contributed by atoms with Gasteiger partial charge in [0.15, 0.2) is 0 Å². The molecule has 1 heterocycles. The zero-order valence-corrected chi connectivity index (χ0v) is 12.5. The highest BCUT2D eigenvalue weighted by Gasteiger charge is 2.35. The van der Waals surface area contributed by atoms with E-state index >= 15 is 0 Å². The van der Waals surface area contributed by atoms with Crippen molar-refractivity contribution in [3.63, 3.8) is 0 Å². The Hall–Kier alpha value is -1.55. The van der Waals surface area contributed by atoms with Gasteiger partial charge in [0.05, 0.1) is 5.92 Å². The highest BCUT2D eigenvalue weighted by Crippen LogP contribution is 2.27. The maximum Gasteiger partial charge on any atom is 0.227 e. The molecule has 5 heteroatoms. The molecular formula is C15H19ClN2O2. The lowest BCUT2D eigenvalue weighted by Gasteiger charge is -2.18. The Bertz CT molecular complexity index is 518. The van der Waals surface area contributed by atoms with E-state index in [-0.39, 0.29) is 30.2 Å². The summed E-state index contributed by atoms with van der Waals surface area (Å²) in [5.41, 5.74) is 0.751. The molecule has 0 bridgehead atoms. The summed E-state index contributed by atoms with van der Waals surface area (Å²) < 4.78 is 0. The van der Waals surface area contributed by atoms with Crippen LogP contribution in [0.1, 0.15) is 26.7 Å². The maximum absolute atomic E-state index is 12.1. The van der Waals surface area contributed by atoms with Gasteiger partial charge in [-0.3, -0.25) is 9.59 Å². The normalized spacial score (nSPS) is 20.1. The van der Waals surface area contributed by atoms with Crippen molar-refractivity contribution < 1.29 is 9.59 Å². The second kappa shape index (κ2) is 6.27. The third-order valence-corrected chi connectivity index (χ3v) is 3.85. The first-order valence-corrected chi connectivity index (χ1v) is 7.25. The van der Waals surface area contributed by atoms with Crippen molar-refractivity contribution in [3.05, 3.63) is 29.3 Å². The first kappa shape index (κ1) is 14.9. The fourth-order valence-corrected chi connectivity index (χ4v) is 2.42. The fraction of sp³-hybridized carbons (Fsp3) is 0.467. The monoisotopic (exact) mass is 294 g/mol. The van der Waals surface area contributed by atoms with Crippen LogP contribution in [0.3, 0.4) is 0 Å². The number of carbonyl (C=O) groups is 2. The van der Waals surface area contributed by atoms with Crippen molar-refractivity contribution in [2.75, 3.05) is 11.4 Å². The first-order valence-electron chi connectivity index (χ1n) is 6.87.